The Balaban J connectivity index is 1.49. The molecule has 0 radical (unpaired) electrons. The molecule has 0 bridgehead atoms. The zero-order valence-electron chi connectivity index (χ0n) is 13.9. The van der Waals surface area contributed by atoms with Gasteiger partial charge in [0, 0.05) is 23.2 Å². The van der Waals surface area contributed by atoms with Gasteiger partial charge in [0.15, 0.2) is 5.82 Å². The van der Waals surface area contributed by atoms with Crippen molar-refractivity contribution < 1.29 is 9.59 Å². The van der Waals surface area contributed by atoms with Crippen LogP contribution in [0.1, 0.15) is 22.3 Å². The van der Waals surface area contributed by atoms with Gasteiger partial charge < -0.3 is 10.6 Å². The topological polar surface area (TPSA) is 84.0 Å². The molecule has 3 aromatic rings. The molecule has 0 saturated heterocycles. The first-order valence-corrected chi connectivity index (χ1v) is 8.31. The van der Waals surface area contributed by atoms with Crippen molar-refractivity contribution >= 4 is 23.2 Å². The highest BCUT2D eigenvalue weighted by Crippen LogP contribution is 2.24. The van der Waals surface area contributed by atoms with Crippen LogP contribution in [0.4, 0.5) is 11.4 Å². The summed E-state index contributed by atoms with van der Waals surface area (Å²) in [6.07, 6.45) is 4.25. The summed E-state index contributed by atoms with van der Waals surface area (Å²) in [5, 5.41) is 5.61. The SMILES string of the molecule is O=C1CCc2cc(C(=O)Nc3cnc(-c4ccccc4)nc3)ccc2N1. The van der Waals surface area contributed by atoms with Crippen molar-refractivity contribution in [2.45, 2.75) is 12.8 Å². The van der Waals surface area contributed by atoms with E-state index in [-0.39, 0.29) is 11.8 Å². The fraction of sp³-hybridized carbons (Fsp3) is 0.100. The first-order chi connectivity index (χ1) is 12.7. The first-order valence-electron chi connectivity index (χ1n) is 8.31. The molecule has 1 aromatic heterocycles. The number of aryl methyl sites for hydroxylation is 1. The van der Waals surface area contributed by atoms with Gasteiger partial charge in [-0.15, -0.1) is 0 Å². The average Bonchev–Trinajstić information content (AvgIpc) is 2.69. The molecule has 0 saturated carbocycles. The molecule has 0 atom stereocenters. The summed E-state index contributed by atoms with van der Waals surface area (Å²) >= 11 is 0. The van der Waals surface area contributed by atoms with Gasteiger partial charge in [-0.05, 0) is 30.2 Å². The molecule has 4 rings (SSSR count). The van der Waals surface area contributed by atoms with Crippen LogP contribution in [0, 0.1) is 0 Å². The van der Waals surface area contributed by atoms with Gasteiger partial charge in [0.25, 0.3) is 5.91 Å². The van der Waals surface area contributed by atoms with E-state index in [1.54, 1.807) is 24.5 Å². The molecule has 1 aliphatic rings. The van der Waals surface area contributed by atoms with E-state index in [0.717, 1.165) is 16.8 Å². The smallest absolute Gasteiger partial charge is 0.255 e. The minimum absolute atomic E-state index is 0.00496. The number of fused-ring (bicyclic) bond motifs is 1. The van der Waals surface area contributed by atoms with Crippen LogP contribution in [-0.4, -0.2) is 21.8 Å². The summed E-state index contributed by atoms with van der Waals surface area (Å²) in [6, 6.07) is 14.9. The lowest BCUT2D eigenvalue weighted by Gasteiger charge is -2.17. The van der Waals surface area contributed by atoms with Crippen molar-refractivity contribution in [3.8, 4) is 11.4 Å². The molecule has 6 heteroatoms. The Labute approximate surface area is 150 Å². The molecule has 128 valence electrons. The second kappa shape index (κ2) is 6.76. The first kappa shape index (κ1) is 16.0. The normalized spacial score (nSPS) is 12.8. The van der Waals surface area contributed by atoms with Crippen molar-refractivity contribution in [3.05, 3.63) is 72.1 Å². The van der Waals surface area contributed by atoms with Crippen molar-refractivity contribution in [1.82, 2.24) is 9.97 Å². The fourth-order valence-electron chi connectivity index (χ4n) is 2.86. The Morgan fingerprint density at radius 3 is 2.54 bits per heavy atom. The Kier molecular flexibility index (Phi) is 4.15. The minimum Gasteiger partial charge on any atom is -0.326 e. The Hall–Kier alpha value is -3.54. The van der Waals surface area contributed by atoms with Gasteiger partial charge in [0.1, 0.15) is 0 Å². The van der Waals surface area contributed by atoms with Crippen molar-refractivity contribution in [3.63, 3.8) is 0 Å². The number of nitrogens with one attached hydrogen (secondary N) is 2. The van der Waals surface area contributed by atoms with Crippen LogP contribution in [0.25, 0.3) is 11.4 Å². The summed E-state index contributed by atoms with van der Waals surface area (Å²) < 4.78 is 0. The lowest BCUT2D eigenvalue weighted by atomic mass is 10.00. The molecular weight excluding hydrogens is 328 g/mol. The lowest BCUT2D eigenvalue weighted by molar-refractivity contribution is -0.116. The van der Waals surface area contributed by atoms with Crippen molar-refractivity contribution in [1.29, 1.82) is 0 Å². The number of aromatic nitrogens is 2. The summed E-state index contributed by atoms with van der Waals surface area (Å²) in [6.45, 7) is 0. The van der Waals surface area contributed by atoms with Crippen LogP contribution < -0.4 is 10.6 Å². The second-order valence-corrected chi connectivity index (χ2v) is 6.04. The second-order valence-electron chi connectivity index (χ2n) is 6.04. The standard InChI is InChI=1S/C20H16N4O2/c25-18-9-7-14-10-15(6-8-17(14)24-18)20(26)23-16-11-21-19(22-12-16)13-4-2-1-3-5-13/h1-6,8,10-12H,7,9H2,(H,23,26)(H,24,25). The molecule has 26 heavy (non-hydrogen) atoms. The van der Waals surface area contributed by atoms with Gasteiger partial charge in [-0.3, -0.25) is 9.59 Å². The maximum Gasteiger partial charge on any atom is 0.255 e. The maximum atomic E-state index is 12.5. The van der Waals surface area contributed by atoms with Gasteiger partial charge in [-0.25, -0.2) is 9.97 Å². The minimum atomic E-state index is -0.235. The Morgan fingerprint density at radius 2 is 1.77 bits per heavy atom. The molecule has 0 spiro atoms. The van der Waals surface area contributed by atoms with E-state index >= 15 is 0 Å². The van der Waals surface area contributed by atoms with Crippen LogP contribution in [0.5, 0.6) is 0 Å². The molecule has 2 N–H and O–H groups in total. The molecule has 6 nitrogen and oxygen atoms in total. The van der Waals surface area contributed by atoms with Gasteiger partial charge in [-0.1, -0.05) is 30.3 Å². The number of carbonyl (C=O) groups is 2. The fourth-order valence-corrected chi connectivity index (χ4v) is 2.86. The van der Waals surface area contributed by atoms with Gasteiger partial charge in [-0.2, -0.15) is 0 Å². The van der Waals surface area contributed by atoms with Crippen LogP contribution in [0.3, 0.4) is 0 Å². The van der Waals surface area contributed by atoms with E-state index in [9.17, 15) is 9.59 Å². The van der Waals surface area contributed by atoms with E-state index in [1.165, 1.54) is 0 Å². The molecule has 0 fully saturated rings. The van der Waals surface area contributed by atoms with Crippen molar-refractivity contribution in [2.24, 2.45) is 0 Å². The van der Waals surface area contributed by atoms with Gasteiger partial charge >= 0.3 is 0 Å². The maximum absolute atomic E-state index is 12.5. The largest absolute Gasteiger partial charge is 0.326 e. The van der Waals surface area contributed by atoms with Crippen molar-refractivity contribution in [2.75, 3.05) is 10.6 Å². The molecular formula is C20H16N4O2. The summed E-state index contributed by atoms with van der Waals surface area (Å²) in [4.78, 5) is 32.5. The Morgan fingerprint density at radius 1 is 1.00 bits per heavy atom. The van der Waals surface area contributed by atoms with Crippen LogP contribution in [-0.2, 0) is 11.2 Å². The third-order valence-electron chi connectivity index (χ3n) is 4.20. The number of carbonyl (C=O) groups excluding carboxylic acids is 2. The lowest BCUT2D eigenvalue weighted by Crippen LogP contribution is -2.20. The highest BCUT2D eigenvalue weighted by atomic mass is 16.2. The van der Waals surface area contributed by atoms with Crippen LogP contribution >= 0.6 is 0 Å². The van der Waals surface area contributed by atoms with E-state index < -0.39 is 0 Å². The van der Waals surface area contributed by atoms with E-state index in [1.807, 2.05) is 36.4 Å². The van der Waals surface area contributed by atoms with Crippen LogP contribution in [0.15, 0.2) is 60.9 Å². The van der Waals surface area contributed by atoms with E-state index in [0.29, 0.717) is 29.9 Å². The molecule has 0 aliphatic carbocycles. The number of amides is 2. The molecule has 2 aromatic carbocycles. The number of hydrogen-bond donors (Lipinski definition) is 2. The van der Waals surface area contributed by atoms with E-state index in [2.05, 4.69) is 20.6 Å². The summed E-state index contributed by atoms with van der Waals surface area (Å²) in [5.41, 5.74) is 3.72. The molecule has 1 aliphatic heterocycles. The summed E-state index contributed by atoms with van der Waals surface area (Å²) in [5.74, 6) is 0.374. The number of benzene rings is 2. The number of rotatable bonds is 3. The zero-order valence-corrected chi connectivity index (χ0v) is 13.9. The van der Waals surface area contributed by atoms with Crippen LogP contribution in [0.2, 0.25) is 0 Å². The third-order valence-corrected chi connectivity index (χ3v) is 4.20. The molecule has 0 unspecified atom stereocenters. The average molecular weight is 344 g/mol. The number of nitrogens with zero attached hydrogens (tertiary/aromatic N) is 2. The third kappa shape index (κ3) is 3.30. The zero-order chi connectivity index (χ0) is 17.9. The highest BCUT2D eigenvalue weighted by molar-refractivity contribution is 6.05. The van der Waals surface area contributed by atoms with E-state index in [4.69, 9.17) is 0 Å². The Bertz CT molecular complexity index is 969. The molecule has 2 amide bonds. The number of hydrogen-bond acceptors (Lipinski definition) is 4. The monoisotopic (exact) mass is 344 g/mol. The van der Waals surface area contributed by atoms with Gasteiger partial charge in [0.05, 0.1) is 18.1 Å². The molecule has 2 heterocycles. The highest BCUT2D eigenvalue weighted by Gasteiger charge is 2.17. The number of anilines is 2. The quantitative estimate of drug-likeness (QED) is 0.764. The predicted octanol–water partition coefficient (Wildman–Crippen LogP) is 3.28. The van der Waals surface area contributed by atoms with Gasteiger partial charge in [0.2, 0.25) is 5.91 Å². The predicted molar refractivity (Wildman–Crippen MR) is 98.8 cm³/mol. The summed E-state index contributed by atoms with van der Waals surface area (Å²) in [7, 11) is 0.